The fourth-order valence-electron chi connectivity index (χ4n) is 2.83. The molecule has 0 heterocycles. The van der Waals surface area contributed by atoms with E-state index in [-0.39, 0.29) is 19.1 Å². The van der Waals surface area contributed by atoms with Crippen molar-refractivity contribution in [3.8, 4) is 5.75 Å². The van der Waals surface area contributed by atoms with Crippen LogP contribution < -0.4 is 20.7 Å². The van der Waals surface area contributed by atoms with Gasteiger partial charge >= 0.3 is 6.09 Å². The highest BCUT2D eigenvalue weighted by molar-refractivity contribution is 5.96. The molecule has 3 N–H and O–H groups in total. The number of amides is 3. The fraction of sp³-hybridized carbons (Fsp3) is 0.375. The number of benzene rings is 2. The maximum atomic E-state index is 12.3. The lowest BCUT2D eigenvalue weighted by molar-refractivity contribution is -0.118. The van der Waals surface area contributed by atoms with Crippen molar-refractivity contribution in [1.29, 1.82) is 0 Å². The first-order valence-corrected chi connectivity index (χ1v) is 10.3. The molecule has 2 aromatic rings. The van der Waals surface area contributed by atoms with Gasteiger partial charge in [0.05, 0.1) is 0 Å². The summed E-state index contributed by atoms with van der Waals surface area (Å²) in [4.78, 5) is 36.1. The van der Waals surface area contributed by atoms with Gasteiger partial charge in [-0.05, 0) is 76.4 Å². The van der Waals surface area contributed by atoms with Crippen molar-refractivity contribution in [1.82, 2.24) is 5.32 Å². The van der Waals surface area contributed by atoms with Crippen molar-refractivity contribution >= 4 is 29.3 Å². The molecule has 3 amide bonds. The molecule has 0 saturated carbocycles. The van der Waals surface area contributed by atoms with Crippen LogP contribution in [0.3, 0.4) is 0 Å². The molecular weight excluding hydrogens is 410 g/mol. The molecule has 0 radical (unpaired) electrons. The second-order valence-corrected chi connectivity index (χ2v) is 8.47. The Labute approximate surface area is 188 Å². The van der Waals surface area contributed by atoms with Crippen LogP contribution in [0.15, 0.2) is 36.4 Å². The molecule has 0 aromatic heterocycles. The summed E-state index contributed by atoms with van der Waals surface area (Å²) in [7, 11) is 0. The van der Waals surface area contributed by atoms with Gasteiger partial charge in [0.1, 0.15) is 17.9 Å². The number of hydrogen-bond acceptors (Lipinski definition) is 5. The van der Waals surface area contributed by atoms with Crippen LogP contribution in [-0.2, 0) is 14.3 Å². The zero-order chi connectivity index (χ0) is 23.9. The minimum Gasteiger partial charge on any atom is -0.483 e. The average molecular weight is 442 g/mol. The third kappa shape index (κ3) is 7.94. The van der Waals surface area contributed by atoms with Gasteiger partial charge in [-0.2, -0.15) is 0 Å². The highest BCUT2D eigenvalue weighted by Crippen LogP contribution is 2.25. The number of hydrogen-bond donors (Lipinski definition) is 3. The maximum Gasteiger partial charge on any atom is 0.408 e. The van der Waals surface area contributed by atoms with Crippen molar-refractivity contribution in [2.24, 2.45) is 0 Å². The Morgan fingerprint density at radius 2 is 1.47 bits per heavy atom. The van der Waals surface area contributed by atoms with Gasteiger partial charge in [-0.25, -0.2) is 4.79 Å². The predicted octanol–water partition coefficient (Wildman–Crippen LogP) is 4.09. The van der Waals surface area contributed by atoms with E-state index in [1.54, 1.807) is 45.0 Å². The maximum absolute atomic E-state index is 12.3. The number of rotatable bonds is 7. The van der Waals surface area contributed by atoms with E-state index in [4.69, 9.17) is 9.47 Å². The van der Waals surface area contributed by atoms with Crippen LogP contribution in [0.4, 0.5) is 16.2 Å². The van der Waals surface area contributed by atoms with E-state index in [1.807, 2.05) is 32.9 Å². The van der Waals surface area contributed by atoms with Crippen LogP contribution in [0.1, 0.15) is 37.5 Å². The molecule has 0 atom stereocenters. The molecule has 0 spiro atoms. The van der Waals surface area contributed by atoms with E-state index < -0.39 is 17.6 Å². The van der Waals surface area contributed by atoms with Gasteiger partial charge in [0, 0.05) is 11.4 Å². The molecule has 8 nitrogen and oxygen atoms in total. The summed E-state index contributed by atoms with van der Waals surface area (Å²) in [6, 6.07) is 10.7. The number of nitrogens with one attached hydrogen (secondary N) is 3. The summed E-state index contributed by atoms with van der Waals surface area (Å²) in [5.74, 6) is -0.0351. The summed E-state index contributed by atoms with van der Waals surface area (Å²) in [5, 5.41) is 7.80. The Morgan fingerprint density at radius 1 is 0.875 bits per heavy atom. The Morgan fingerprint density at radius 3 is 2.09 bits per heavy atom. The zero-order valence-electron chi connectivity index (χ0n) is 19.4. The molecule has 172 valence electrons. The SMILES string of the molecule is Cc1ccc(C)c(OCC(=O)Nc2cccc(NC(=O)CNC(=O)OC(C)(C)C)c2)c1C. The Balaban J connectivity index is 1.87. The molecule has 32 heavy (non-hydrogen) atoms. The van der Waals surface area contributed by atoms with Gasteiger partial charge in [0.15, 0.2) is 6.61 Å². The van der Waals surface area contributed by atoms with Crippen LogP contribution in [0.25, 0.3) is 0 Å². The van der Waals surface area contributed by atoms with E-state index in [0.29, 0.717) is 17.1 Å². The first-order chi connectivity index (χ1) is 14.9. The molecular formula is C24H31N3O5. The fourth-order valence-corrected chi connectivity index (χ4v) is 2.83. The summed E-state index contributed by atoms with van der Waals surface area (Å²) in [6.45, 7) is 10.7. The van der Waals surface area contributed by atoms with Crippen LogP contribution >= 0.6 is 0 Å². The molecule has 2 aromatic carbocycles. The van der Waals surface area contributed by atoms with Gasteiger partial charge in [-0.3, -0.25) is 9.59 Å². The van der Waals surface area contributed by atoms with Crippen molar-refractivity contribution < 1.29 is 23.9 Å². The molecule has 0 saturated heterocycles. The average Bonchev–Trinajstić information content (AvgIpc) is 2.68. The predicted molar refractivity (Wildman–Crippen MR) is 124 cm³/mol. The third-order valence-corrected chi connectivity index (χ3v) is 4.44. The molecule has 0 aliphatic carbocycles. The van der Waals surface area contributed by atoms with Gasteiger partial charge in [0.25, 0.3) is 5.91 Å². The minimum absolute atomic E-state index is 0.137. The van der Waals surface area contributed by atoms with E-state index in [0.717, 1.165) is 16.7 Å². The van der Waals surface area contributed by atoms with Gasteiger partial charge < -0.3 is 25.4 Å². The number of aryl methyl sites for hydroxylation is 2. The van der Waals surface area contributed by atoms with Crippen LogP contribution in [-0.4, -0.2) is 36.7 Å². The largest absolute Gasteiger partial charge is 0.483 e. The summed E-state index contributed by atoms with van der Waals surface area (Å²) in [6.07, 6.45) is -0.673. The molecule has 0 unspecified atom stereocenters. The van der Waals surface area contributed by atoms with Gasteiger partial charge in [-0.1, -0.05) is 18.2 Å². The lowest BCUT2D eigenvalue weighted by Crippen LogP contribution is -2.37. The molecule has 0 aliphatic heterocycles. The van der Waals surface area contributed by atoms with Crippen LogP contribution in [0.5, 0.6) is 5.75 Å². The van der Waals surface area contributed by atoms with Gasteiger partial charge in [0.2, 0.25) is 5.91 Å². The second kappa shape index (κ2) is 10.7. The number of carbonyl (C=O) groups excluding carboxylic acids is 3. The van der Waals surface area contributed by atoms with Crippen molar-refractivity contribution in [3.05, 3.63) is 53.1 Å². The summed E-state index contributed by atoms with van der Waals surface area (Å²) in [5.41, 5.74) is 3.40. The molecule has 2 rings (SSSR count). The highest BCUT2D eigenvalue weighted by Gasteiger charge is 2.16. The molecule has 8 heteroatoms. The normalized spacial score (nSPS) is 10.8. The minimum atomic E-state index is -0.673. The first-order valence-electron chi connectivity index (χ1n) is 10.3. The first kappa shape index (κ1) is 24.7. The lowest BCUT2D eigenvalue weighted by Gasteiger charge is -2.19. The number of alkyl carbamates (subject to hydrolysis) is 1. The van der Waals surface area contributed by atoms with Gasteiger partial charge in [-0.15, -0.1) is 0 Å². The summed E-state index contributed by atoms with van der Waals surface area (Å²) < 4.78 is 10.8. The Kier molecular flexibility index (Phi) is 8.23. The van der Waals surface area contributed by atoms with E-state index in [9.17, 15) is 14.4 Å². The lowest BCUT2D eigenvalue weighted by atomic mass is 10.1. The number of ether oxygens (including phenoxy) is 2. The smallest absolute Gasteiger partial charge is 0.408 e. The van der Waals surface area contributed by atoms with Crippen molar-refractivity contribution in [2.45, 2.75) is 47.1 Å². The van der Waals surface area contributed by atoms with Crippen molar-refractivity contribution in [2.75, 3.05) is 23.8 Å². The topological polar surface area (TPSA) is 106 Å². The Bertz CT molecular complexity index is 996. The monoisotopic (exact) mass is 441 g/mol. The molecule has 0 fully saturated rings. The van der Waals surface area contributed by atoms with Crippen molar-refractivity contribution in [3.63, 3.8) is 0 Å². The third-order valence-electron chi connectivity index (χ3n) is 4.44. The number of carbonyl (C=O) groups is 3. The standard InChI is InChI=1S/C24H31N3O5/c1-15-10-11-16(2)22(17(15)3)31-14-21(29)27-19-9-7-8-18(12-19)26-20(28)13-25-23(30)32-24(4,5)6/h7-12H,13-14H2,1-6H3,(H,25,30)(H,26,28)(H,27,29). The highest BCUT2D eigenvalue weighted by atomic mass is 16.6. The van der Waals surface area contributed by atoms with E-state index in [2.05, 4.69) is 16.0 Å². The quantitative estimate of drug-likeness (QED) is 0.600. The van der Waals surface area contributed by atoms with Crippen LogP contribution in [0, 0.1) is 20.8 Å². The molecule has 0 aliphatic rings. The van der Waals surface area contributed by atoms with E-state index in [1.165, 1.54) is 0 Å². The second-order valence-electron chi connectivity index (χ2n) is 8.47. The number of anilines is 2. The van der Waals surface area contributed by atoms with Crippen LogP contribution in [0.2, 0.25) is 0 Å². The molecule has 0 bridgehead atoms. The zero-order valence-corrected chi connectivity index (χ0v) is 19.4. The Hall–Kier alpha value is -3.55. The van der Waals surface area contributed by atoms with E-state index >= 15 is 0 Å². The summed E-state index contributed by atoms with van der Waals surface area (Å²) >= 11 is 0.